The topological polar surface area (TPSA) is 63.2 Å². The third-order valence-corrected chi connectivity index (χ3v) is 4.77. The summed E-state index contributed by atoms with van der Waals surface area (Å²) in [6.07, 6.45) is 0.193. The smallest absolute Gasteiger partial charge is 0.250 e. The number of rotatable bonds is 5. The summed E-state index contributed by atoms with van der Waals surface area (Å²) < 4.78 is 26.0. The number of hydrogen-bond acceptors (Lipinski definition) is 4. The summed E-state index contributed by atoms with van der Waals surface area (Å²) in [6.45, 7) is 1.53. The highest BCUT2D eigenvalue weighted by atomic mass is 35.5. The van der Waals surface area contributed by atoms with E-state index in [0.717, 1.165) is 11.3 Å². The van der Waals surface area contributed by atoms with E-state index in [2.05, 4.69) is 4.72 Å². The zero-order chi connectivity index (χ0) is 11.5. The Kier molecular flexibility index (Phi) is 4.27. The van der Waals surface area contributed by atoms with Crippen molar-refractivity contribution in [2.45, 2.75) is 17.6 Å². The summed E-state index contributed by atoms with van der Waals surface area (Å²) in [5, 5.41) is 0. The van der Waals surface area contributed by atoms with Gasteiger partial charge in [-0.25, -0.2) is 13.1 Å². The highest BCUT2D eigenvalue weighted by Gasteiger charge is 2.15. The Labute approximate surface area is 97.3 Å². The average molecular weight is 268 g/mol. The molecular weight excluding hydrogens is 258 g/mol. The first-order chi connectivity index (χ1) is 6.92. The molecule has 15 heavy (non-hydrogen) atoms. The van der Waals surface area contributed by atoms with Crippen LogP contribution in [0.5, 0.6) is 0 Å². The zero-order valence-corrected chi connectivity index (χ0v) is 10.4. The second-order valence-corrected chi connectivity index (χ2v) is 6.62. The summed E-state index contributed by atoms with van der Waals surface area (Å²) in [4.78, 5) is 10.6. The van der Waals surface area contributed by atoms with Crippen molar-refractivity contribution in [3.8, 4) is 0 Å². The van der Waals surface area contributed by atoms with Gasteiger partial charge in [-0.15, -0.1) is 11.3 Å². The van der Waals surface area contributed by atoms with E-state index >= 15 is 0 Å². The van der Waals surface area contributed by atoms with Crippen LogP contribution in [0.1, 0.15) is 13.3 Å². The minimum absolute atomic E-state index is 0.0538. The van der Waals surface area contributed by atoms with E-state index < -0.39 is 10.0 Å². The lowest BCUT2D eigenvalue weighted by atomic mass is 10.3. The maximum atomic E-state index is 11.6. The van der Waals surface area contributed by atoms with Crippen LogP contribution < -0.4 is 4.72 Å². The van der Waals surface area contributed by atoms with Gasteiger partial charge in [-0.2, -0.15) is 0 Å². The first-order valence-electron chi connectivity index (χ1n) is 4.16. The van der Waals surface area contributed by atoms with Gasteiger partial charge in [0, 0.05) is 13.0 Å². The fourth-order valence-electron chi connectivity index (χ4n) is 0.875. The summed E-state index contributed by atoms with van der Waals surface area (Å²) in [7, 11) is -3.50. The lowest BCUT2D eigenvalue weighted by Crippen LogP contribution is -2.25. The molecule has 0 aliphatic heterocycles. The molecule has 0 spiro atoms. The highest BCUT2D eigenvalue weighted by molar-refractivity contribution is 7.91. The molecule has 0 saturated carbocycles. The van der Waals surface area contributed by atoms with Crippen LogP contribution in [-0.2, 0) is 14.8 Å². The SMILES string of the molecule is CC(=O)CCNS(=O)(=O)c1ccc(Cl)s1. The molecule has 84 valence electrons. The summed E-state index contributed by atoms with van der Waals surface area (Å²) in [6, 6.07) is 2.95. The number of Topliss-reactive ketones (excluding diaryl/α,β-unsaturated/α-hetero) is 1. The maximum absolute atomic E-state index is 11.6. The molecule has 1 aromatic rings. The second-order valence-electron chi connectivity index (χ2n) is 2.91. The first kappa shape index (κ1) is 12.6. The molecule has 1 rings (SSSR count). The van der Waals surface area contributed by atoms with Crippen LogP contribution in [0.4, 0.5) is 0 Å². The molecule has 0 aliphatic rings. The molecule has 0 amide bonds. The summed E-state index contributed by atoms with van der Waals surface area (Å²) in [5.74, 6) is -0.0538. The van der Waals surface area contributed by atoms with Gasteiger partial charge in [-0.05, 0) is 19.1 Å². The van der Waals surface area contributed by atoms with Crippen LogP contribution in [0.25, 0.3) is 0 Å². The number of thiophene rings is 1. The molecule has 0 aliphatic carbocycles. The van der Waals surface area contributed by atoms with E-state index in [1.807, 2.05) is 0 Å². The number of sulfonamides is 1. The normalized spacial score (nSPS) is 11.6. The van der Waals surface area contributed by atoms with Crippen molar-refractivity contribution in [1.29, 1.82) is 0 Å². The fraction of sp³-hybridized carbons (Fsp3) is 0.375. The van der Waals surface area contributed by atoms with Gasteiger partial charge < -0.3 is 0 Å². The fourth-order valence-corrected chi connectivity index (χ4v) is 3.43. The lowest BCUT2D eigenvalue weighted by molar-refractivity contribution is -0.116. The van der Waals surface area contributed by atoms with Gasteiger partial charge in [0.05, 0.1) is 4.34 Å². The van der Waals surface area contributed by atoms with Crippen LogP contribution in [0.15, 0.2) is 16.3 Å². The van der Waals surface area contributed by atoms with Crippen molar-refractivity contribution in [3.63, 3.8) is 0 Å². The molecule has 0 unspecified atom stereocenters. The monoisotopic (exact) mass is 267 g/mol. The summed E-state index contributed by atoms with van der Waals surface area (Å²) >= 11 is 6.61. The number of carbonyl (C=O) groups excluding carboxylic acids is 1. The van der Waals surface area contributed by atoms with Crippen LogP contribution in [-0.4, -0.2) is 20.7 Å². The van der Waals surface area contributed by atoms with E-state index in [9.17, 15) is 13.2 Å². The van der Waals surface area contributed by atoms with Gasteiger partial charge >= 0.3 is 0 Å². The molecule has 0 saturated heterocycles. The van der Waals surface area contributed by atoms with Crippen molar-refractivity contribution >= 4 is 38.7 Å². The molecular formula is C8H10ClNO3S2. The summed E-state index contributed by atoms with van der Waals surface area (Å²) in [5.41, 5.74) is 0. The van der Waals surface area contributed by atoms with Crippen molar-refractivity contribution in [3.05, 3.63) is 16.5 Å². The molecule has 1 N–H and O–H groups in total. The maximum Gasteiger partial charge on any atom is 0.250 e. The molecule has 0 radical (unpaired) electrons. The van der Waals surface area contributed by atoms with E-state index in [1.54, 1.807) is 0 Å². The first-order valence-corrected chi connectivity index (χ1v) is 6.84. The molecule has 4 nitrogen and oxygen atoms in total. The van der Waals surface area contributed by atoms with Gasteiger partial charge in [0.2, 0.25) is 10.0 Å². The number of nitrogens with one attached hydrogen (secondary N) is 1. The van der Waals surface area contributed by atoms with E-state index in [0.29, 0.717) is 4.34 Å². The van der Waals surface area contributed by atoms with Crippen LogP contribution in [0.2, 0.25) is 4.34 Å². The van der Waals surface area contributed by atoms with Crippen molar-refractivity contribution in [1.82, 2.24) is 4.72 Å². The van der Waals surface area contributed by atoms with Crippen LogP contribution in [0, 0.1) is 0 Å². The van der Waals surface area contributed by atoms with Gasteiger partial charge in [0.1, 0.15) is 9.99 Å². The molecule has 0 fully saturated rings. The van der Waals surface area contributed by atoms with E-state index in [1.165, 1.54) is 19.1 Å². The second kappa shape index (κ2) is 5.07. The minimum Gasteiger partial charge on any atom is -0.300 e. The van der Waals surface area contributed by atoms with E-state index in [4.69, 9.17) is 11.6 Å². The predicted molar refractivity (Wildman–Crippen MR) is 59.8 cm³/mol. The van der Waals surface area contributed by atoms with Crippen molar-refractivity contribution in [2.75, 3.05) is 6.54 Å². The molecule has 0 aromatic carbocycles. The average Bonchev–Trinajstić information content (AvgIpc) is 2.51. The Hall–Kier alpha value is -0.430. The number of hydrogen-bond donors (Lipinski definition) is 1. The Morgan fingerprint density at radius 3 is 2.67 bits per heavy atom. The minimum atomic E-state index is -3.50. The quantitative estimate of drug-likeness (QED) is 0.882. The molecule has 0 atom stereocenters. The van der Waals surface area contributed by atoms with Crippen molar-refractivity contribution < 1.29 is 13.2 Å². The molecule has 1 heterocycles. The van der Waals surface area contributed by atoms with E-state index in [-0.39, 0.29) is 23.0 Å². The number of carbonyl (C=O) groups is 1. The predicted octanol–water partition coefficient (Wildman–Crippen LogP) is 1.66. The number of ketones is 1. The van der Waals surface area contributed by atoms with Gasteiger partial charge in [-0.1, -0.05) is 11.6 Å². The molecule has 7 heteroatoms. The van der Waals surface area contributed by atoms with Crippen LogP contribution >= 0.6 is 22.9 Å². The molecule has 1 aromatic heterocycles. The van der Waals surface area contributed by atoms with Crippen molar-refractivity contribution in [2.24, 2.45) is 0 Å². The lowest BCUT2D eigenvalue weighted by Gasteiger charge is -2.02. The number of halogens is 1. The molecule has 0 bridgehead atoms. The largest absolute Gasteiger partial charge is 0.300 e. The zero-order valence-electron chi connectivity index (χ0n) is 7.99. The van der Waals surface area contributed by atoms with Gasteiger partial charge in [0.25, 0.3) is 0 Å². The van der Waals surface area contributed by atoms with Gasteiger partial charge in [-0.3, -0.25) is 4.79 Å². The van der Waals surface area contributed by atoms with Crippen LogP contribution in [0.3, 0.4) is 0 Å². The Bertz CT molecular complexity index is 452. The Morgan fingerprint density at radius 1 is 1.53 bits per heavy atom. The third kappa shape index (κ3) is 3.90. The highest BCUT2D eigenvalue weighted by Crippen LogP contribution is 2.25. The van der Waals surface area contributed by atoms with Gasteiger partial charge in [0.15, 0.2) is 0 Å². The standard InChI is InChI=1S/C8H10ClNO3S2/c1-6(11)4-5-10-15(12,13)8-3-2-7(9)14-8/h2-3,10H,4-5H2,1H3. The Balaban J connectivity index is 2.64. The Morgan fingerprint density at radius 2 is 2.20 bits per heavy atom. The third-order valence-electron chi connectivity index (χ3n) is 1.58.